The Hall–Kier alpha value is -1.90. The van der Waals surface area contributed by atoms with Crippen LogP contribution >= 0.6 is 0 Å². The second kappa shape index (κ2) is 5.75. The van der Waals surface area contributed by atoms with Gasteiger partial charge in [0, 0.05) is 12.2 Å². The molecule has 1 N–H and O–H groups in total. The van der Waals surface area contributed by atoms with Gasteiger partial charge in [0.05, 0.1) is 5.57 Å². The molecule has 1 aromatic carbocycles. The van der Waals surface area contributed by atoms with Crippen molar-refractivity contribution in [3.63, 3.8) is 0 Å². The lowest BCUT2D eigenvalue weighted by molar-refractivity contribution is -0.109. The standard InChI is InChI=1S/C12H13NO2/c1-2-13-12-5-3-10(4-6-12)7-11(8-14)9-15/h3-9,13H,2H2,1H3. The van der Waals surface area contributed by atoms with E-state index in [0.29, 0.717) is 12.6 Å². The van der Waals surface area contributed by atoms with Gasteiger partial charge in [-0.1, -0.05) is 12.1 Å². The molecular formula is C12H13NO2. The molecule has 3 heteroatoms. The summed E-state index contributed by atoms with van der Waals surface area (Å²) >= 11 is 0. The monoisotopic (exact) mass is 203 g/mol. The minimum absolute atomic E-state index is 0.145. The first-order chi connectivity index (χ1) is 7.30. The molecule has 0 atom stereocenters. The van der Waals surface area contributed by atoms with Crippen molar-refractivity contribution < 1.29 is 9.59 Å². The number of anilines is 1. The molecule has 0 bridgehead atoms. The van der Waals surface area contributed by atoms with Crippen LogP contribution in [0.15, 0.2) is 29.8 Å². The van der Waals surface area contributed by atoms with Crippen LogP contribution in [0.5, 0.6) is 0 Å². The molecule has 0 aliphatic carbocycles. The SMILES string of the molecule is CCNc1ccc(C=C(C=O)C=O)cc1. The Bertz CT molecular complexity index is 356. The van der Waals surface area contributed by atoms with Gasteiger partial charge >= 0.3 is 0 Å². The van der Waals surface area contributed by atoms with Crippen molar-refractivity contribution in [3.8, 4) is 0 Å². The van der Waals surface area contributed by atoms with Crippen molar-refractivity contribution in [1.29, 1.82) is 0 Å². The van der Waals surface area contributed by atoms with Crippen molar-refractivity contribution >= 4 is 24.3 Å². The Labute approximate surface area is 88.8 Å². The van der Waals surface area contributed by atoms with E-state index in [9.17, 15) is 9.59 Å². The van der Waals surface area contributed by atoms with E-state index in [1.165, 1.54) is 0 Å². The second-order valence-electron chi connectivity index (χ2n) is 3.03. The fourth-order valence-electron chi connectivity index (χ4n) is 1.19. The predicted octanol–water partition coefficient (Wildman–Crippen LogP) is 1.90. The molecule has 0 aliphatic rings. The van der Waals surface area contributed by atoms with Crippen molar-refractivity contribution in [3.05, 3.63) is 35.4 Å². The van der Waals surface area contributed by atoms with Crippen molar-refractivity contribution in [2.45, 2.75) is 6.92 Å². The first-order valence-electron chi connectivity index (χ1n) is 4.76. The number of carbonyl (C=O) groups is 2. The number of aldehydes is 2. The average molecular weight is 203 g/mol. The molecule has 0 unspecified atom stereocenters. The zero-order chi connectivity index (χ0) is 11.1. The van der Waals surface area contributed by atoms with Crippen LogP contribution in [0.3, 0.4) is 0 Å². The van der Waals surface area contributed by atoms with Crippen LogP contribution in [0.4, 0.5) is 5.69 Å². The van der Waals surface area contributed by atoms with Crippen LogP contribution in [-0.4, -0.2) is 19.1 Å². The van der Waals surface area contributed by atoms with Gasteiger partial charge < -0.3 is 5.32 Å². The lowest BCUT2D eigenvalue weighted by atomic mass is 10.1. The van der Waals surface area contributed by atoms with E-state index in [2.05, 4.69) is 5.32 Å². The smallest absolute Gasteiger partial charge is 0.153 e. The quantitative estimate of drug-likeness (QED) is 0.344. The van der Waals surface area contributed by atoms with Gasteiger partial charge in [0.15, 0.2) is 12.6 Å². The van der Waals surface area contributed by atoms with Gasteiger partial charge in [0.1, 0.15) is 0 Å². The van der Waals surface area contributed by atoms with Crippen LogP contribution in [0, 0.1) is 0 Å². The van der Waals surface area contributed by atoms with Crippen LogP contribution in [0.1, 0.15) is 12.5 Å². The summed E-state index contributed by atoms with van der Waals surface area (Å²) in [5, 5.41) is 3.16. The van der Waals surface area contributed by atoms with E-state index in [0.717, 1.165) is 17.8 Å². The maximum atomic E-state index is 10.4. The van der Waals surface area contributed by atoms with Crippen molar-refractivity contribution in [2.24, 2.45) is 0 Å². The number of rotatable bonds is 5. The molecule has 0 amide bonds. The van der Waals surface area contributed by atoms with Gasteiger partial charge in [-0.05, 0) is 30.7 Å². The largest absolute Gasteiger partial charge is 0.385 e. The zero-order valence-corrected chi connectivity index (χ0v) is 8.57. The molecule has 0 aliphatic heterocycles. The Balaban J connectivity index is 2.84. The number of allylic oxidation sites excluding steroid dienone is 1. The summed E-state index contributed by atoms with van der Waals surface area (Å²) in [6.45, 7) is 2.88. The van der Waals surface area contributed by atoms with E-state index < -0.39 is 0 Å². The molecular weight excluding hydrogens is 190 g/mol. The molecule has 0 heterocycles. The maximum Gasteiger partial charge on any atom is 0.153 e. The molecule has 0 saturated carbocycles. The Morgan fingerprint density at radius 3 is 2.27 bits per heavy atom. The van der Waals surface area contributed by atoms with Crippen LogP contribution < -0.4 is 5.32 Å². The summed E-state index contributed by atoms with van der Waals surface area (Å²) in [6, 6.07) is 7.51. The molecule has 3 nitrogen and oxygen atoms in total. The topological polar surface area (TPSA) is 46.2 Å². The molecule has 15 heavy (non-hydrogen) atoms. The molecule has 0 fully saturated rings. The Morgan fingerprint density at radius 2 is 1.80 bits per heavy atom. The lowest BCUT2D eigenvalue weighted by Gasteiger charge is -2.02. The molecule has 0 aromatic heterocycles. The molecule has 78 valence electrons. The highest BCUT2D eigenvalue weighted by Crippen LogP contribution is 2.11. The zero-order valence-electron chi connectivity index (χ0n) is 8.57. The Kier molecular flexibility index (Phi) is 4.29. The fourth-order valence-corrected chi connectivity index (χ4v) is 1.19. The summed E-state index contributed by atoms with van der Waals surface area (Å²) in [5.74, 6) is 0. The van der Waals surface area contributed by atoms with E-state index in [1.54, 1.807) is 6.08 Å². The average Bonchev–Trinajstić information content (AvgIpc) is 2.28. The number of nitrogens with one attached hydrogen (secondary N) is 1. The lowest BCUT2D eigenvalue weighted by Crippen LogP contribution is -1.95. The maximum absolute atomic E-state index is 10.4. The van der Waals surface area contributed by atoms with Crippen molar-refractivity contribution in [2.75, 3.05) is 11.9 Å². The predicted molar refractivity (Wildman–Crippen MR) is 60.7 cm³/mol. The summed E-state index contributed by atoms with van der Waals surface area (Å²) in [5.41, 5.74) is 2.01. The molecule has 0 radical (unpaired) electrons. The van der Waals surface area contributed by atoms with E-state index >= 15 is 0 Å². The number of benzene rings is 1. The summed E-state index contributed by atoms with van der Waals surface area (Å²) in [7, 11) is 0. The third kappa shape index (κ3) is 3.38. The molecule has 0 spiro atoms. The highest BCUT2D eigenvalue weighted by molar-refractivity contribution is 6.04. The minimum atomic E-state index is 0.145. The van der Waals surface area contributed by atoms with E-state index in [-0.39, 0.29) is 5.57 Å². The van der Waals surface area contributed by atoms with Gasteiger partial charge in [-0.25, -0.2) is 0 Å². The minimum Gasteiger partial charge on any atom is -0.385 e. The third-order valence-electron chi connectivity index (χ3n) is 1.90. The van der Waals surface area contributed by atoms with Crippen LogP contribution in [0.2, 0.25) is 0 Å². The summed E-state index contributed by atoms with van der Waals surface area (Å²) in [4.78, 5) is 20.8. The fraction of sp³-hybridized carbons (Fsp3) is 0.167. The van der Waals surface area contributed by atoms with E-state index in [4.69, 9.17) is 0 Å². The van der Waals surface area contributed by atoms with Gasteiger partial charge in [-0.15, -0.1) is 0 Å². The highest BCUT2D eigenvalue weighted by Gasteiger charge is 1.94. The summed E-state index contributed by atoms with van der Waals surface area (Å²) in [6.07, 6.45) is 2.64. The first-order valence-corrected chi connectivity index (χ1v) is 4.76. The third-order valence-corrected chi connectivity index (χ3v) is 1.90. The first kappa shape index (κ1) is 11.2. The molecule has 1 aromatic rings. The van der Waals surface area contributed by atoms with Crippen LogP contribution in [-0.2, 0) is 9.59 Å². The van der Waals surface area contributed by atoms with Crippen LogP contribution in [0.25, 0.3) is 6.08 Å². The number of carbonyl (C=O) groups excluding carboxylic acids is 2. The Morgan fingerprint density at radius 1 is 1.20 bits per heavy atom. The summed E-state index contributed by atoms with van der Waals surface area (Å²) < 4.78 is 0. The molecule has 0 saturated heterocycles. The normalized spacial score (nSPS) is 9.13. The molecule has 1 rings (SSSR count). The number of hydrogen-bond acceptors (Lipinski definition) is 3. The van der Waals surface area contributed by atoms with Gasteiger partial charge in [0.2, 0.25) is 0 Å². The van der Waals surface area contributed by atoms with Gasteiger partial charge in [0.25, 0.3) is 0 Å². The van der Waals surface area contributed by atoms with E-state index in [1.807, 2.05) is 31.2 Å². The van der Waals surface area contributed by atoms with Crippen molar-refractivity contribution in [1.82, 2.24) is 0 Å². The van der Waals surface area contributed by atoms with Gasteiger partial charge in [-0.2, -0.15) is 0 Å². The van der Waals surface area contributed by atoms with Gasteiger partial charge in [-0.3, -0.25) is 9.59 Å². The number of hydrogen-bond donors (Lipinski definition) is 1. The highest BCUT2D eigenvalue weighted by atomic mass is 16.1. The second-order valence-corrected chi connectivity index (χ2v) is 3.03.